The summed E-state index contributed by atoms with van der Waals surface area (Å²) < 4.78 is 0. The zero-order chi connectivity index (χ0) is 8.65. The van der Waals surface area contributed by atoms with Gasteiger partial charge in [0.1, 0.15) is 0 Å². The SMILES string of the molecule is S=CNNN=Nc1ccccc1. The maximum atomic E-state index is 4.48. The maximum absolute atomic E-state index is 4.48. The summed E-state index contributed by atoms with van der Waals surface area (Å²) in [6, 6.07) is 9.40. The Labute approximate surface area is 75.6 Å². The summed E-state index contributed by atoms with van der Waals surface area (Å²) in [5.41, 5.74) is 7.03. The van der Waals surface area contributed by atoms with E-state index < -0.39 is 0 Å². The number of benzene rings is 1. The molecule has 0 aromatic heterocycles. The van der Waals surface area contributed by atoms with E-state index in [9.17, 15) is 0 Å². The first-order chi connectivity index (χ1) is 5.93. The second-order valence-corrected chi connectivity index (χ2v) is 2.15. The molecule has 1 rings (SSSR count). The fourth-order valence-corrected chi connectivity index (χ4v) is 0.685. The van der Waals surface area contributed by atoms with Gasteiger partial charge in [-0.3, -0.25) is 5.43 Å². The van der Waals surface area contributed by atoms with E-state index in [2.05, 4.69) is 33.5 Å². The van der Waals surface area contributed by atoms with E-state index in [0.717, 1.165) is 5.69 Å². The molecule has 0 radical (unpaired) electrons. The summed E-state index contributed by atoms with van der Waals surface area (Å²) in [5.74, 6) is 0. The summed E-state index contributed by atoms with van der Waals surface area (Å²) in [6.45, 7) is 0. The van der Waals surface area contributed by atoms with Crippen LogP contribution in [-0.2, 0) is 0 Å². The lowest BCUT2D eigenvalue weighted by molar-refractivity contribution is 0.671. The van der Waals surface area contributed by atoms with E-state index in [-0.39, 0.29) is 0 Å². The van der Waals surface area contributed by atoms with Crippen LogP contribution >= 0.6 is 12.2 Å². The summed E-state index contributed by atoms with van der Waals surface area (Å²) in [5, 5.41) is 7.43. The third kappa shape index (κ3) is 3.07. The minimum atomic E-state index is 0.788. The Morgan fingerprint density at radius 2 is 2.00 bits per heavy atom. The second kappa shape index (κ2) is 5.20. The molecule has 2 N–H and O–H groups in total. The van der Waals surface area contributed by atoms with Gasteiger partial charge in [0, 0.05) is 0 Å². The highest BCUT2D eigenvalue weighted by atomic mass is 32.1. The van der Waals surface area contributed by atoms with Gasteiger partial charge < -0.3 is 0 Å². The molecule has 0 aliphatic heterocycles. The van der Waals surface area contributed by atoms with Gasteiger partial charge in [0.15, 0.2) is 0 Å². The number of nitrogens with one attached hydrogen (secondary N) is 2. The van der Waals surface area contributed by atoms with Gasteiger partial charge in [0.25, 0.3) is 0 Å². The Balaban J connectivity index is 2.41. The van der Waals surface area contributed by atoms with Crippen molar-refractivity contribution in [1.82, 2.24) is 11.0 Å². The molecule has 0 saturated carbocycles. The van der Waals surface area contributed by atoms with Crippen LogP contribution in [0.25, 0.3) is 0 Å². The van der Waals surface area contributed by atoms with Gasteiger partial charge in [-0.05, 0) is 12.1 Å². The summed E-state index contributed by atoms with van der Waals surface area (Å²) >= 11 is 4.48. The van der Waals surface area contributed by atoms with Gasteiger partial charge in [-0.15, -0.1) is 5.11 Å². The minimum absolute atomic E-state index is 0.788. The van der Waals surface area contributed by atoms with Crippen molar-refractivity contribution in [3.05, 3.63) is 30.3 Å². The minimum Gasteiger partial charge on any atom is -0.280 e. The van der Waals surface area contributed by atoms with Crippen LogP contribution in [0.3, 0.4) is 0 Å². The van der Waals surface area contributed by atoms with E-state index >= 15 is 0 Å². The molecule has 0 bridgehead atoms. The zero-order valence-electron chi connectivity index (χ0n) is 6.27. The van der Waals surface area contributed by atoms with Crippen molar-refractivity contribution in [3.63, 3.8) is 0 Å². The van der Waals surface area contributed by atoms with E-state index in [4.69, 9.17) is 0 Å². The molecular formula is C7H8N4S. The van der Waals surface area contributed by atoms with Crippen LogP contribution < -0.4 is 11.0 Å². The summed E-state index contributed by atoms with van der Waals surface area (Å²) in [7, 11) is 0. The monoisotopic (exact) mass is 180 g/mol. The molecule has 12 heavy (non-hydrogen) atoms. The van der Waals surface area contributed by atoms with E-state index in [1.54, 1.807) is 0 Å². The van der Waals surface area contributed by atoms with Crippen molar-refractivity contribution in [3.8, 4) is 0 Å². The quantitative estimate of drug-likeness (QED) is 0.321. The van der Waals surface area contributed by atoms with Crippen molar-refractivity contribution in [2.75, 3.05) is 0 Å². The number of hydrogen-bond donors (Lipinski definition) is 2. The van der Waals surface area contributed by atoms with Crippen molar-refractivity contribution in [1.29, 1.82) is 0 Å². The Morgan fingerprint density at radius 3 is 2.67 bits per heavy atom. The molecule has 0 heterocycles. The van der Waals surface area contributed by atoms with Crippen molar-refractivity contribution in [2.24, 2.45) is 10.3 Å². The molecular weight excluding hydrogens is 172 g/mol. The lowest BCUT2D eigenvalue weighted by Crippen LogP contribution is -2.22. The third-order valence-electron chi connectivity index (χ3n) is 1.10. The summed E-state index contributed by atoms with van der Waals surface area (Å²) in [4.78, 5) is 0. The molecule has 0 saturated heterocycles. The largest absolute Gasteiger partial charge is 0.280 e. The van der Waals surface area contributed by atoms with Crippen molar-refractivity contribution in [2.45, 2.75) is 0 Å². The molecule has 1 aromatic rings. The number of hydrogen-bond acceptors (Lipinski definition) is 3. The van der Waals surface area contributed by atoms with Crippen LogP contribution in [0.1, 0.15) is 0 Å². The Bertz CT molecular complexity index is 259. The van der Waals surface area contributed by atoms with Gasteiger partial charge in [-0.1, -0.05) is 35.6 Å². The van der Waals surface area contributed by atoms with Crippen molar-refractivity contribution >= 4 is 23.4 Å². The highest BCUT2D eigenvalue weighted by Crippen LogP contribution is 2.08. The van der Waals surface area contributed by atoms with Crippen LogP contribution in [0.15, 0.2) is 40.7 Å². The topological polar surface area (TPSA) is 48.8 Å². The average Bonchev–Trinajstić information content (AvgIpc) is 2.14. The second-order valence-electron chi connectivity index (χ2n) is 1.91. The van der Waals surface area contributed by atoms with Gasteiger partial charge >= 0.3 is 0 Å². The molecule has 0 aliphatic carbocycles. The number of thiocarbonyl (C=S) groups is 1. The van der Waals surface area contributed by atoms with Gasteiger partial charge in [0.2, 0.25) is 0 Å². The molecule has 4 nitrogen and oxygen atoms in total. The Kier molecular flexibility index (Phi) is 3.73. The highest BCUT2D eigenvalue weighted by Gasteiger charge is 1.82. The predicted octanol–water partition coefficient (Wildman–Crippen LogP) is 1.74. The predicted molar refractivity (Wildman–Crippen MR) is 50.9 cm³/mol. The number of nitrogens with zero attached hydrogens (tertiary/aromatic N) is 2. The lowest BCUT2D eigenvalue weighted by atomic mass is 10.3. The number of hydrazine groups is 1. The lowest BCUT2D eigenvalue weighted by Gasteiger charge is -1.93. The van der Waals surface area contributed by atoms with Crippen molar-refractivity contribution < 1.29 is 0 Å². The normalized spacial score (nSPS) is 9.67. The standard InChI is InChI=1S/C7H8N4S/c12-6-8-10-11-9-7-4-2-1-3-5-7/h1-6H,(H,9,10)(H,8,11,12). The number of rotatable bonds is 4. The third-order valence-corrected chi connectivity index (χ3v) is 1.21. The molecule has 0 spiro atoms. The van der Waals surface area contributed by atoms with Gasteiger partial charge in [-0.25, -0.2) is 5.53 Å². The van der Waals surface area contributed by atoms with Crippen LogP contribution in [0.4, 0.5) is 5.69 Å². The molecule has 62 valence electrons. The molecule has 1 aromatic carbocycles. The average molecular weight is 180 g/mol. The molecule has 0 unspecified atom stereocenters. The zero-order valence-corrected chi connectivity index (χ0v) is 7.08. The first-order valence-corrected chi connectivity index (χ1v) is 3.80. The van der Waals surface area contributed by atoms with Crippen LogP contribution in [-0.4, -0.2) is 5.49 Å². The van der Waals surface area contributed by atoms with E-state index in [0.29, 0.717) is 0 Å². The Morgan fingerprint density at radius 1 is 1.25 bits per heavy atom. The van der Waals surface area contributed by atoms with Gasteiger partial charge in [-0.2, -0.15) is 0 Å². The fraction of sp³-hybridized carbons (Fsp3) is 0. The fourth-order valence-electron chi connectivity index (χ4n) is 0.633. The smallest absolute Gasteiger partial charge is 0.0874 e. The highest BCUT2D eigenvalue weighted by molar-refractivity contribution is 7.78. The van der Waals surface area contributed by atoms with Gasteiger partial charge in [0.05, 0.1) is 11.2 Å². The molecule has 5 heteroatoms. The van der Waals surface area contributed by atoms with Crippen LogP contribution in [0, 0.1) is 0 Å². The molecule has 0 fully saturated rings. The van der Waals surface area contributed by atoms with Crippen LogP contribution in [0.5, 0.6) is 0 Å². The van der Waals surface area contributed by atoms with E-state index in [1.807, 2.05) is 30.3 Å². The molecule has 0 aliphatic rings. The first kappa shape index (κ1) is 8.61. The maximum Gasteiger partial charge on any atom is 0.0874 e. The first-order valence-electron chi connectivity index (χ1n) is 3.33. The molecule has 0 atom stereocenters. The molecule has 0 amide bonds. The van der Waals surface area contributed by atoms with Crippen LogP contribution in [0.2, 0.25) is 0 Å². The summed E-state index contributed by atoms with van der Waals surface area (Å²) in [6.07, 6.45) is 0. The Hall–Kier alpha value is -1.49. The van der Waals surface area contributed by atoms with E-state index in [1.165, 1.54) is 5.49 Å².